The second kappa shape index (κ2) is 8.49. The Balaban J connectivity index is 1.27. The lowest BCUT2D eigenvalue weighted by Crippen LogP contribution is -2.29. The number of ether oxygens (including phenoxy) is 1. The molecule has 0 fully saturated rings. The normalized spacial score (nSPS) is 14.1. The van der Waals surface area contributed by atoms with Gasteiger partial charge in [0.05, 0.1) is 38.6 Å². The summed E-state index contributed by atoms with van der Waals surface area (Å²) in [5.74, 6) is -1.67. The third-order valence-corrected chi connectivity index (χ3v) is 6.26. The Morgan fingerprint density at radius 3 is 1.79 bits per heavy atom. The van der Waals surface area contributed by atoms with Crippen LogP contribution in [-0.2, 0) is 0 Å². The van der Waals surface area contributed by atoms with Crippen molar-refractivity contribution in [2.45, 2.75) is 0 Å². The van der Waals surface area contributed by atoms with Gasteiger partial charge in [0.15, 0.2) is 0 Å². The molecule has 0 aliphatic carbocycles. The van der Waals surface area contributed by atoms with E-state index in [4.69, 9.17) is 4.74 Å². The van der Waals surface area contributed by atoms with E-state index in [0.717, 1.165) is 15.9 Å². The summed E-state index contributed by atoms with van der Waals surface area (Å²) in [6.07, 6.45) is 0. The molecule has 38 heavy (non-hydrogen) atoms. The number of non-ortho nitro benzene ring substituents is 1. The summed E-state index contributed by atoms with van der Waals surface area (Å²) in [5.41, 5.74) is 0.824. The highest BCUT2D eigenvalue weighted by molar-refractivity contribution is 6.35. The number of amides is 4. The minimum absolute atomic E-state index is 0.0553. The van der Waals surface area contributed by atoms with Crippen molar-refractivity contribution < 1.29 is 28.8 Å². The Hall–Kier alpha value is -5.64. The number of hydrogen-bond donors (Lipinski definition) is 0. The van der Waals surface area contributed by atoms with Gasteiger partial charge in [-0.3, -0.25) is 29.3 Å². The van der Waals surface area contributed by atoms with E-state index in [9.17, 15) is 29.3 Å². The lowest BCUT2D eigenvalue weighted by Gasteiger charge is -2.15. The Bertz CT molecular complexity index is 1720. The molecule has 4 aromatic carbocycles. The van der Waals surface area contributed by atoms with Crippen LogP contribution in [0.25, 0.3) is 0 Å². The summed E-state index contributed by atoms with van der Waals surface area (Å²) in [4.78, 5) is 64.2. The van der Waals surface area contributed by atoms with E-state index in [1.807, 2.05) is 0 Å². The van der Waals surface area contributed by atoms with Gasteiger partial charge in [-0.25, -0.2) is 9.80 Å². The van der Waals surface area contributed by atoms with Gasteiger partial charge in [-0.2, -0.15) is 0 Å². The number of nitro groups is 1. The summed E-state index contributed by atoms with van der Waals surface area (Å²) in [5, 5.41) is 11.1. The van der Waals surface area contributed by atoms with Gasteiger partial charge in [0.1, 0.15) is 11.5 Å². The van der Waals surface area contributed by atoms with E-state index < -0.39 is 28.6 Å². The summed E-state index contributed by atoms with van der Waals surface area (Å²) in [6, 6.07) is 22.8. The molecule has 0 saturated heterocycles. The first-order valence-corrected chi connectivity index (χ1v) is 11.4. The Kier molecular flexibility index (Phi) is 5.09. The molecular weight excluding hydrogens is 490 g/mol. The number of benzene rings is 4. The van der Waals surface area contributed by atoms with Crippen LogP contribution in [0.2, 0.25) is 0 Å². The van der Waals surface area contributed by atoms with Crippen LogP contribution in [0, 0.1) is 10.1 Å². The molecule has 0 radical (unpaired) electrons. The van der Waals surface area contributed by atoms with E-state index in [-0.39, 0.29) is 45.1 Å². The van der Waals surface area contributed by atoms with Gasteiger partial charge in [0, 0.05) is 18.2 Å². The van der Waals surface area contributed by atoms with E-state index in [1.54, 1.807) is 48.5 Å². The minimum atomic E-state index is -0.687. The van der Waals surface area contributed by atoms with Crippen LogP contribution < -0.4 is 14.5 Å². The molecule has 0 aromatic heterocycles. The summed E-state index contributed by atoms with van der Waals surface area (Å²) in [6.45, 7) is 0. The lowest BCUT2D eigenvalue weighted by molar-refractivity contribution is -0.384. The van der Waals surface area contributed by atoms with E-state index in [1.165, 1.54) is 36.4 Å². The molecule has 2 aliphatic rings. The maximum Gasteiger partial charge on any atom is 0.270 e. The van der Waals surface area contributed by atoms with Gasteiger partial charge < -0.3 is 4.74 Å². The van der Waals surface area contributed by atoms with Gasteiger partial charge >= 0.3 is 0 Å². The summed E-state index contributed by atoms with van der Waals surface area (Å²) < 4.78 is 5.91. The standard InChI is InChI=1S/C28H15N3O7/c32-25-22-12-10-20(15-24(22)28(35)29(25)16-5-2-1-3-6-16)38-19-8-4-7-17(13-19)30-26(33)21-11-9-18(31(36)37)14-23(21)27(30)34/h1-15H. The lowest BCUT2D eigenvalue weighted by atomic mass is 10.1. The number of carbonyl (C=O) groups excluding carboxylic acids is 4. The van der Waals surface area contributed by atoms with Crippen molar-refractivity contribution in [2.24, 2.45) is 0 Å². The molecule has 4 amide bonds. The number of fused-ring (bicyclic) bond motifs is 2. The molecule has 10 heteroatoms. The zero-order valence-corrected chi connectivity index (χ0v) is 19.4. The van der Waals surface area contributed by atoms with Gasteiger partial charge in [0.25, 0.3) is 29.3 Å². The van der Waals surface area contributed by atoms with E-state index in [2.05, 4.69) is 0 Å². The fourth-order valence-corrected chi connectivity index (χ4v) is 4.49. The molecule has 2 aliphatic heterocycles. The first-order valence-electron chi connectivity index (χ1n) is 11.4. The van der Waals surface area contributed by atoms with Crippen molar-refractivity contribution in [3.8, 4) is 11.5 Å². The molecule has 0 bridgehead atoms. The quantitative estimate of drug-likeness (QED) is 0.212. The average molecular weight is 505 g/mol. The SMILES string of the molecule is O=C1c2ccc(Oc3cccc(N4C(=O)c5ccc([N+](=O)[O-])cc5C4=O)c3)cc2C(=O)N1c1ccccc1. The third kappa shape index (κ3) is 3.51. The monoisotopic (exact) mass is 505 g/mol. The highest BCUT2D eigenvalue weighted by Gasteiger charge is 2.39. The second-order valence-corrected chi connectivity index (χ2v) is 8.52. The molecule has 184 valence electrons. The van der Waals surface area contributed by atoms with Gasteiger partial charge in [-0.1, -0.05) is 24.3 Å². The molecule has 10 nitrogen and oxygen atoms in total. The van der Waals surface area contributed by atoms with Crippen LogP contribution >= 0.6 is 0 Å². The van der Waals surface area contributed by atoms with Crippen LogP contribution in [0.5, 0.6) is 11.5 Å². The molecule has 2 heterocycles. The molecule has 4 aromatic rings. The van der Waals surface area contributed by atoms with Crippen LogP contribution in [0.3, 0.4) is 0 Å². The van der Waals surface area contributed by atoms with Crippen LogP contribution in [-0.4, -0.2) is 28.6 Å². The van der Waals surface area contributed by atoms with E-state index >= 15 is 0 Å². The Labute approximate surface area is 214 Å². The summed E-state index contributed by atoms with van der Waals surface area (Å²) >= 11 is 0. The first kappa shape index (κ1) is 22.8. The maximum atomic E-state index is 13.0. The smallest absolute Gasteiger partial charge is 0.270 e. The average Bonchev–Trinajstić information content (AvgIpc) is 3.32. The number of para-hydroxylation sites is 1. The highest BCUT2D eigenvalue weighted by Crippen LogP contribution is 2.35. The predicted octanol–water partition coefficient (Wildman–Crippen LogP) is 4.99. The Morgan fingerprint density at radius 1 is 0.553 bits per heavy atom. The number of anilines is 2. The predicted molar refractivity (Wildman–Crippen MR) is 135 cm³/mol. The largest absolute Gasteiger partial charge is 0.457 e. The molecule has 0 N–H and O–H groups in total. The zero-order chi connectivity index (χ0) is 26.6. The number of carbonyl (C=O) groups is 4. The van der Waals surface area contributed by atoms with Crippen molar-refractivity contribution in [2.75, 3.05) is 9.80 Å². The molecule has 6 rings (SSSR count). The number of nitrogens with zero attached hydrogens (tertiary/aromatic N) is 3. The molecule has 0 saturated carbocycles. The fraction of sp³-hybridized carbons (Fsp3) is 0. The number of imide groups is 2. The molecule has 0 unspecified atom stereocenters. The highest BCUT2D eigenvalue weighted by atomic mass is 16.6. The van der Waals surface area contributed by atoms with Crippen molar-refractivity contribution in [1.82, 2.24) is 0 Å². The number of hydrogen-bond acceptors (Lipinski definition) is 7. The second-order valence-electron chi connectivity index (χ2n) is 8.52. The van der Waals surface area contributed by atoms with Crippen LogP contribution in [0.4, 0.5) is 17.1 Å². The molecule has 0 atom stereocenters. The van der Waals surface area contributed by atoms with Crippen molar-refractivity contribution in [3.05, 3.63) is 123 Å². The maximum absolute atomic E-state index is 13.0. The fourth-order valence-electron chi connectivity index (χ4n) is 4.49. The topological polar surface area (TPSA) is 127 Å². The molecular formula is C28H15N3O7. The zero-order valence-electron chi connectivity index (χ0n) is 19.4. The Morgan fingerprint density at radius 2 is 1.11 bits per heavy atom. The summed E-state index contributed by atoms with van der Waals surface area (Å²) in [7, 11) is 0. The number of rotatable bonds is 5. The third-order valence-electron chi connectivity index (χ3n) is 6.26. The van der Waals surface area contributed by atoms with E-state index in [0.29, 0.717) is 5.69 Å². The molecule has 0 spiro atoms. The van der Waals surface area contributed by atoms with Gasteiger partial charge in [-0.15, -0.1) is 0 Å². The first-order chi connectivity index (χ1) is 18.3. The van der Waals surface area contributed by atoms with Crippen molar-refractivity contribution in [3.63, 3.8) is 0 Å². The van der Waals surface area contributed by atoms with Crippen molar-refractivity contribution in [1.29, 1.82) is 0 Å². The van der Waals surface area contributed by atoms with Crippen molar-refractivity contribution >= 4 is 40.7 Å². The van der Waals surface area contributed by atoms with Crippen LogP contribution in [0.15, 0.2) is 91.0 Å². The van der Waals surface area contributed by atoms with Crippen LogP contribution in [0.1, 0.15) is 41.4 Å². The van der Waals surface area contributed by atoms with Gasteiger partial charge in [0.2, 0.25) is 0 Å². The number of nitro benzene ring substituents is 1. The minimum Gasteiger partial charge on any atom is -0.457 e. The van der Waals surface area contributed by atoms with Gasteiger partial charge in [-0.05, 0) is 48.5 Å².